The number of aryl methyl sites for hydroxylation is 1. The molecule has 118 valence electrons. The maximum Gasteiger partial charge on any atom is 0.348 e. The van der Waals surface area contributed by atoms with Gasteiger partial charge in [0.2, 0.25) is 5.78 Å². The van der Waals surface area contributed by atoms with Crippen molar-refractivity contribution in [2.24, 2.45) is 0 Å². The molecule has 23 heavy (non-hydrogen) atoms. The molecule has 0 radical (unpaired) electrons. The predicted molar refractivity (Wildman–Crippen MR) is 91.8 cm³/mol. The van der Waals surface area contributed by atoms with Crippen LogP contribution in [0.15, 0.2) is 30.3 Å². The summed E-state index contributed by atoms with van der Waals surface area (Å²) >= 11 is 7.15. The van der Waals surface area contributed by atoms with Gasteiger partial charge in [0.25, 0.3) is 0 Å². The van der Waals surface area contributed by atoms with Crippen molar-refractivity contribution in [2.45, 2.75) is 13.8 Å². The normalized spacial score (nSPS) is 10.9. The lowest BCUT2D eigenvalue weighted by Gasteiger charge is -2.00. The first-order valence-corrected chi connectivity index (χ1v) is 8.30. The Balaban J connectivity index is 1.96. The second-order valence-corrected chi connectivity index (χ2v) is 6.50. The molecule has 1 aromatic carbocycles. The number of hydrogen-bond donors (Lipinski definition) is 1. The quantitative estimate of drug-likeness (QED) is 0.554. The molecule has 0 aliphatic heterocycles. The van der Waals surface area contributed by atoms with Crippen LogP contribution in [0.3, 0.4) is 0 Å². The summed E-state index contributed by atoms with van der Waals surface area (Å²) in [5, 5.41) is 1.46. The van der Waals surface area contributed by atoms with E-state index in [9.17, 15) is 9.59 Å². The summed E-state index contributed by atoms with van der Waals surface area (Å²) in [5.74, 6) is -0.438. The molecule has 0 fully saturated rings. The monoisotopic (exact) mass is 347 g/mol. The molecule has 3 rings (SSSR count). The summed E-state index contributed by atoms with van der Waals surface area (Å²) in [6.45, 7) is 3.97. The minimum absolute atomic E-state index is 0.109. The highest BCUT2D eigenvalue weighted by Gasteiger charge is 2.20. The average molecular weight is 348 g/mol. The second-order valence-electron chi connectivity index (χ2n) is 5.04. The number of carbonyl (C=O) groups is 2. The van der Waals surface area contributed by atoms with Gasteiger partial charge in [0, 0.05) is 16.0 Å². The second kappa shape index (κ2) is 6.18. The molecule has 2 heterocycles. The summed E-state index contributed by atoms with van der Waals surface area (Å²) in [7, 11) is 0. The number of aromatic nitrogens is 1. The predicted octanol–water partition coefficient (Wildman–Crippen LogP) is 4.60. The minimum atomic E-state index is -0.329. The largest absolute Gasteiger partial charge is 0.462 e. The van der Waals surface area contributed by atoms with Crippen LogP contribution in [0.2, 0.25) is 5.02 Å². The van der Waals surface area contributed by atoms with Gasteiger partial charge in [0.15, 0.2) is 0 Å². The number of nitrogens with one attached hydrogen (secondary N) is 1. The van der Waals surface area contributed by atoms with Crippen LogP contribution < -0.4 is 0 Å². The number of rotatable bonds is 4. The zero-order chi connectivity index (χ0) is 16.6. The van der Waals surface area contributed by atoms with Gasteiger partial charge in [-0.15, -0.1) is 11.3 Å². The van der Waals surface area contributed by atoms with Crippen molar-refractivity contribution in [2.75, 3.05) is 6.61 Å². The van der Waals surface area contributed by atoms with Gasteiger partial charge in [-0.05, 0) is 49.7 Å². The molecule has 0 bridgehead atoms. The summed E-state index contributed by atoms with van der Waals surface area (Å²) in [6, 6.07) is 8.53. The summed E-state index contributed by atoms with van der Waals surface area (Å²) < 4.78 is 5.04. The van der Waals surface area contributed by atoms with Crippen molar-refractivity contribution in [1.82, 2.24) is 4.98 Å². The minimum Gasteiger partial charge on any atom is -0.462 e. The molecule has 0 aliphatic carbocycles. The van der Waals surface area contributed by atoms with Crippen LogP contribution in [-0.4, -0.2) is 23.3 Å². The first-order chi connectivity index (χ1) is 11.0. The highest BCUT2D eigenvalue weighted by molar-refractivity contribution is 7.20. The van der Waals surface area contributed by atoms with E-state index in [0.717, 1.165) is 15.8 Å². The number of hydrogen-bond acceptors (Lipinski definition) is 4. The molecule has 0 saturated heterocycles. The summed E-state index contributed by atoms with van der Waals surface area (Å²) in [6.07, 6.45) is 0. The Bertz CT molecular complexity index is 893. The van der Waals surface area contributed by atoms with Gasteiger partial charge in [0.05, 0.1) is 12.3 Å². The number of esters is 1. The fraction of sp³-hybridized carbons (Fsp3) is 0.176. The fourth-order valence-corrected chi connectivity index (χ4v) is 3.58. The molecule has 2 aromatic heterocycles. The lowest BCUT2D eigenvalue weighted by atomic mass is 10.1. The molecule has 4 nitrogen and oxygen atoms in total. The number of carbonyl (C=O) groups excluding carboxylic acids is 2. The Hall–Kier alpha value is -2.11. The number of ketones is 1. The number of benzene rings is 1. The maximum atomic E-state index is 12.5. The van der Waals surface area contributed by atoms with Crippen molar-refractivity contribution in [1.29, 1.82) is 0 Å². The zero-order valence-corrected chi connectivity index (χ0v) is 14.2. The van der Waals surface area contributed by atoms with Crippen molar-refractivity contribution >= 4 is 44.9 Å². The number of thiophene rings is 1. The first-order valence-electron chi connectivity index (χ1n) is 7.10. The molecular formula is C17H14ClNO3S. The number of fused-ring (bicyclic) bond motifs is 1. The Morgan fingerprint density at radius 3 is 2.57 bits per heavy atom. The van der Waals surface area contributed by atoms with Gasteiger partial charge < -0.3 is 9.72 Å². The average Bonchev–Trinajstić information content (AvgIpc) is 3.07. The molecule has 1 N–H and O–H groups in total. The molecule has 3 aromatic rings. The van der Waals surface area contributed by atoms with Crippen molar-refractivity contribution in [3.8, 4) is 0 Å². The molecule has 0 amide bonds. The van der Waals surface area contributed by atoms with Crippen LogP contribution in [0, 0.1) is 6.92 Å². The lowest BCUT2D eigenvalue weighted by molar-refractivity contribution is 0.0531. The van der Waals surface area contributed by atoms with Gasteiger partial charge in [-0.2, -0.15) is 0 Å². The fourth-order valence-electron chi connectivity index (χ4n) is 2.37. The van der Waals surface area contributed by atoms with Crippen LogP contribution in [0.4, 0.5) is 0 Å². The zero-order valence-electron chi connectivity index (χ0n) is 12.6. The Labute approximate surface area is 142 Å². The van der Waals surface area contributed by atoms with Crippen LogP contribution >= 0.6 is 22.9 Å². The molecule has 0 aliphatic rings. The van der Waals surface area contributed by atoms with Gasteiger partial charge >= 0.3 is 5.97 Å². The Kier molecular flexibility index (Phi) is 4.24. The topological polar surface area (TPSA) is 59.2 Å². The summed E-state index contributed by atoms with van der Waals surface area (Å²) in [5.41, 5.74) is 1.88. The van der Waals surface area contributed by atoms with E-state index in [1.54, 1.807) is 37.3 Å². The van der Waals surface area contributed by atoms with Crippen LogP contribution in [0.1, 0.15) is 38.2 Å². The SMILES string of the molecule is CCOC(=O)c1sc2[nH]c(C(=O)c3ccc(Cl)cc3)cc2c1C. The van der Waals surface area contributed by atoms with Gasteiger partial charge in [-0.25, -0.2) is 4.79 Å². The van der Waals surface area contributed by atoms with Gasteiger partial charge in [-0.1, -0.05) is 11.6 Å². The van der Waals surface area contributed by atoms with E-state index in [1.807, 2.05) is 6.92 Å². The van der Waals surface area contributed by atoms with E-state index < -0.39 is 0 Å². The molecule has 0 unspecified atom stereocenters. The molecular weight excluding hydrogens is 334 g/mol. The van der Waals surface area contributed by atoms with Crippen molar-refractivity contribution in [3.05, 3.63) is 57.1 Å². The molecule has 6 heteroatoms. The molecule has 0 saturated carbocycles. The maximum absolute atomic E-state index is 12.5. The number of halogens is 1. The number of ether oxygens (including phenoxy) is 1. The molecule has 0 spiro atoms. The summed E-state index contributed by atoms with van der Waals surface area (Å²) in [4.78, 5) is 28.9. The van der Waals surface area contributed by atoms with E-state index in [1.165, 1.54) is 11.3 Å². The van der Waals surface area contributed by atoms with E-state index in [-0.39, 0.29) is 11.8 Å². The molecule has 0 atom stereocenters. The van der Waals surface area contributed by atoms with E-state index >= 15 is 0 Å². The number of H-pyrrole nitrogens is 1. The van der Waals surface area contributed by atoms with E-state index in [2.05, 4.69) is 4.98 Å². The van der Waals surface area contributed by atoms with Gasteiger partial charge in [0.1, 0.15) is 9.71 Å². The number of aromatic amines is 1. The Morgan fingerprint density at radius 2 is 1.96 bits per heavy atom. The van der Waals surface area contributed by atoms with Crippen LogP contribution in [-0.2, 0) is 4.74 Å². The Morgan fingerprint density at radius 1 is 1.26 bits per heavy atom. The van der Waals surface area contributed by atoms with Gasteiger partial charge in [-0.3, -0.25) is 4.79 Å². The third kappa shape index (κ3) is 2.90. The smallest absolute Gasteiger partial charge is 0.348 e. The standard InChI is InChI=1S/C17H14ClNO3S/c1-3-22-17(21)15-9(2)12-8-13(19-16(12)23-15)14(20)10-4-6-11(18)7-5-10/h4-8,19H,3H2,1-2H3. The highest BCUT2D eigenvalue weighted by Crippen LogP contribution is 2.32. The first kappa shape index (κ1) is 15.8. The highest BCUT2D eigenvalue weighted by atomic mass is 35.5. The van der Waals surface area contributed by atoms with Crippen LogP contribution in [0.5, 0.6) is 0 Å². The third-order valence-corrected chi connectivity index (χ3v) is 5.00. The third-order valence-electron chi connectivity index (χ3n) is 3.54. The van der Waals surface area contributed by atoms with E-state index in [4.69, 9.17) is 16.3 Å². The van der Waals surface area contributed by atoms with Crippen molar-refractivity contribution in [3.63, 3.8) is 0 Å². The van der Waals surface area contributed by atoms with E-state index in [0.29, 0.717) is 27.8 Å². The lowest BCUT2D eigenvalue weighted by Crippen LogP contribution is -2.04. The van der Waals surface area contributed by atoms with Crippen molar-refractivity contribution < 1.29 is 14.3 Å². The van der Waals surface area contributed by atoms with Crippen LogP contribution in [0.25, 0.3) is 10.2 Å².